The fraction of sp³-hybridized carbons (Fsp3) is 0.484. The van der Waals surface area contributed by atoms with Crippen molar-refractivity contribution in [2.75, 3.05) is 18.1 Å². The summed E-state index contributed by atoms with van der Waals surface area (Å²) in [4.78, 5) is 185. The topological polar surface area (TPSA) is 482 Å². The number of hydrogen-bond acceptors (Lipinski definition) is 19. The number of primary amides is 1. The number of imide groups is 1. The van der Waals surface area contributed by atoms with E-state index in [0.717, 1.165) is 26.5 Å². The molecule has 6 rings (SSSR count). The number of benzene rings is 3. The summed E-state index contributed by atoms with van der Waals surface area (Å²) < 4.78 is 0. The van der Waals surface area contributed by atoms with Crippen molar-refractivity contribution in [3.8, 4) is 5.75 Å². The molecule has 2 aliphatic heterocycles. The first-order valence-electron chi connectivity index (χ1n) is 31.5. The smallest absolute Gasteiger partial charge is 0.326 e. The monoisotopic (exact) mass is 1370 g/mol. The number of likely N-dealkylation sites (tertiary alicyclic amines) is 1. The number of aliphatic hydroxyl groups is 1. The van der Waals surface area contributed by atoms with E-state index in [2.05, 4.69) is 52.8 Å². The minimum absolute atomic E-state index is 0.0530. The van der Waals surface area contributed by atoms with Gasteiger partial charge in [-0.05, 0) is 73.4 Å². The van der Waals surface area contributed by atoms with Gasteiger partial charge in [0.05, 0.1) is 37.1 Å². The number of unbranched alkanes of at least 4 members (excludes halogenated alkanes) is 2. The first-order valence-corrected chi connectivity index (χ1v) is 33.9. The second-order valence-electron chi connectivity index (χ2n) is 24.0. The summed E-state index contributed by atoms with van der Waals surface area (Å²) in [7, 11) is 1.70. The number of hydrogen-bond donors (Lipinski definition) is 16. The molecule has 0 unspecified atom stereocenters. The number of carboxylic acid groups (broad SMARTS) is 2. The van der Waals surface area contributed by atoms with Gasteiger partial charge in [-0.25, -0.2) is 4.79 Å². The molecule has 520 valence electrons. The van der Waals surface area contributed by atoms with Crippen molar-refractivity contribution in [1.82, 2.24) is 57.7 Å². The first kappa shape index (κ1) is 75.9. The third-order valence-corrected chi connectivity index (χ3v) is 18.5. The van der Waals surface area contributed by atoms with E-state index in [1.807, 2.05) is 6.92 Å². The van der Waals surface area contributed by atoms with E-state index in [9.17, 15) is 73.2 Å². The number of H-pyrrole nitrogens is 1. The standard InChI is InChI=1S/C64H85N13O17S2/c1-5-6-8-18-42-55(84)71-45(27-37-30-67-41-17-12-11-16-39(37)41)57(86)70-44(25-35-14-9-7-10-15-35)59(88)76-61(90)48(32-96-95-31-47(60(89)74-52(33(2)3)64(93)94)68-43(56(85)69-42)26-36-20-22-38(79)23-21-36)73-58(87)46(29-51(81)82)72-62(91)49-19-13-24-77(49)63(92)53(34(4)78)75-54(83)40(65)28-50(66)80/h7,9-12,14-17,20-23,30,33-34,40,42-49,52-53,67-68,78-79H,5-6,8,13,18-19,24-29,31-32,65H2,1-4H3,(H2,66,80)(H,69,85)(H,70,86)(H,71,84)(H,72,91)(H,73,87)(H,74,89)(H,75,83)(H,81,82)(H,93,94)(H,76,88,90)/t34-,40+,42+,43-,44+,45+,46+,47+,48+,49+,52+,53+/m1/s1. The number of carboxylic acids is 2. The maximum atomic E-state index is 15.1. The number of nitrogens with one attached hydrogen (secondary N) is 10. The molecule has 2 saturated heterocycles. The molecule has 3 aromatic carbocycles. The fourth-order valence-electron chi connectivity index (χ4n) is 10.9. The summed E-state index contributed by atoms with van der Waals surface area (Å²) in [5.41, 5.74) is 13.2. The van der Waals surface area contributed by atoms with Crippen molar-refractivity contribution in [3.05, 3.63) is 102 Å². The highest BCUT2D eigenvalue weighted by Crippen LogP contribution is 2.26. The van der Waals surface area contributed by atoms with Gasteiger partial charge in [0.15, 0.2) is 0 Å². The molecule has 18 N–H and O–H groups in total. The van der Waals surface area contributed by atoms with E-state index in [0.29, 0.717) is 46.9 Å². The van der Waals surface area contributed by atoms with Gasteiger partial charge in [-0.15, -0.1) is 0 Å². The van der Waals surface area contributed by atoms with Gasteiger partial charge in [0.2, 0.25) is 65.0 Å². The average molecular weight is 1370 g/mol. The normalized spacial score (nSPS) is 21.8. The van der Waals surface area contributed by atoms with E-state index in [4.69, 9.17) is 11.5 Å². The van der Waals surface area contributed by atoms with Crippen LogP contribution in [0.3, 0.4) is 0 Å². The molecule has 0 aliphatic carbocycles. The van der Waals surface area contributed by atoms with Gasteiger partial charge in [-0.3, -0.25) is 68.2 Å². The molecule has 0 radical (unpaired) electrons. The Kier molecular flexibility index (Phi) is 29.0. The summed E-state index contributed by atoms with van der Waals surface area (Å²) in [5, 5.41) is 65.1. The molecular formula is C64H85N13O17S2. The Bertz CT molecular complexity index is 3430. The zero-order valence-corrected chi connectivity index (χ0v) is 55.1. The summed E-state index contributed by atoms with van der Waals surface area (Å²) in [6.45, 7) is 6.10. The molecule has 0 saturated carbocycles. The average Bonchev–Trinajstić information content (AvgIpc) is 1.73. The number of nitrogens with zero attached hydrogens (tertiary/aromatic N) is 1. The number of aromatic nitrogens is 1. The lowest BCUT2D eigenvalue weighted by Crippen LogP contribution is -2.62. The molecule has 2 fully saturated rings. The Balaban J connectivity index is 1.41. The maximum absolute atomic E-state index is 15.1. The zero-order chi connectivity index (χ0) is 70.3. The molecule has 12 atom stereocenters. The van der Waals surface area contributed by atoms with Crippen LogP contribution in [0.2, 0.25) is 0 Å². The lowest BCUT2D eigenvalue weighted by atomic mass is 10.00. The van der Waals surface area contributed by atoms with Gasteiger partial charge < -0.3 is 79.0 Å². The van der Waals surface area contributed by atoms with Crippen molar-refractivity contribution in [2.24, 2.45) is 17.4 Å². The molecule has 0 bridgehead atoms. The summed E-state index contributed by atoms with van der Waals surface area (Å²) in [6, 6.07) is 4.09. The molecule has 96 heavy (non-hydrogen) atoms. The first-order chi connectivity index (χ1) is 45.6. The number of rotatable bonds is 26. The second kappa shape index (κ2) is 36.7. The number of para-hydroxylation sites is 1. The molecule has 30 nitrogen and oxygen atoms in total. The van der Waals surface area contributed by atoms with E-state index < -0.39 is 174 Å². The molecule has 4 aromatic rings. The van der Waals surface area contributed by atoms with E-state index in [-0.39, 0.29) is 56.6 Å². The molecule has 2 aliphatic rings. The van der Waals surface area contributed by atoms with Gasteiger partial charge in [-0.1, -0.05) is 122 Å². The van der Waals surface area contributed by atoms with Crippen molar-refractivity contribution in [3.63, 3.8) is 0 Å². The van der Waals surface area contributed by atoms with Crippen LogP contribution in [-0.4, -0.2) is 198 Å². The number of nitrogens with two attached hydrogens (primary N) is 2. The van der Waals surface area contributed by atoms with Crippen molar-refractivity contribution in [2.45, 2.75) is 171 Å². The zero-order valence-electron chi connectivity index (χ0n) is 53.5. The molecule has 0 spiro atoms. The van der Waals surface area contributed by atoms with Crippen LogP contribution in [-0.2, 0) is 81.6 Å². The lowest BCUT2D eigenvalue weighted by molar-refractivity contribution is -0.145. The number of carbonyl (C=O) groups excluding carboxylic acids is 11. The van der Waals surface area contributed by atoms with Crippen molar-refractivity contribution >= 4 is 109 Å². The van der Waals surface area contributed by atoms with Crippen LogP contribution < -0.4 is 59.3 Å². The van der Waals surface area contributed by atoms with Crippen molar-refractivity contribution < 1.29 is 82.8 Å². The van der Waals surface area contributed by atoms with Gasteiger partial charge in [0.1, 0.15) is 54.1 Å². The number of phenols is 1. The van der Waals surface area contributed by atoms with Gasteiger partial charge in [0.25, 0.3) is 0 Å². The third-order valence-electron chi connectivity index (χ3n) is 16.1. The number of aromatic amines is 1. The predicted octanol–water partition coefficient (Wildman–Crippen LogP) is -0.970. The van der Waals surface area contributed by atoms with Crippen LogP contribution in [0, 0.1) is 5.92 Å². The maximum Gasteiger partial charge on any atom is 0.326 e. The number of phenolic OH excluding ortho intramolecular Hbond substituents is 1. The van der Waals surface area contributed by atoms with E-state index in [1.165, 1.54) is 31.2 Å². The SMILES string of the molecule is CCCCC[C@@H]1NC(=O)[C@@H](Cc2ccc(O)cc2)N[C@H](C(=O)N[C@H](C(=O)O)C(C)C)CSSC[C@H](NC(=O)[C@H](CC(=O)O)NC(=O)[C@@H]2CCCN2C(=O)[C@@H](NC(=O)[C@@H](N)CC(N)=O)[C@@H](C)O)C(=O)NC(=O)[C@H](Cc2ccccc2)NC(=O)[C@H](Cc2c[nH]c3ccccc23)NC1=O. The van der Waals surface area contributed by atoms with E-state index >= 15 is 9.59 Å². The minimum atomic E-state index is -2.01. The molecule has 11 amide bonds. The quantitative estimate of drug-likeness (QED) is 0.0204. The van der Waals surface area contributed by atoms with Crippen molar-refractivity contribution in [1.29, 1.82) is 0 Å². The Morgan fingerprint density at radius 3 is 1.94 bits per heavy atom. The van der Waals surface area contributed by atoms with Gasteiger partial charge in [-0.2, -0.15) is 0 Å². The lowest BCUT2D eigenvalue weighted by Gasteiger charge is -2.31. The van der Waals surface area contributed by atoms with Crippen LogP contribution >= 0.6 is 21.6 Å². The summed E-state index contributed by atoms with van der Waals surface area (Å²) in [6.07, 6.45) is -0.319. The van der Waals surface area contributed by atoms with Crippen LogP contribution in [0.1, 0.15) is 95.8 Å². The summed E-state index contributed by atoms with van der Waals surface area (Å²) in [5.74, 6) is -15.6. The largest absolute Gasteiger partial charge is 0.508 e. The second-order valence-corrected chi connectivity index (χ2v) is 26.5. The predicted molar refractivity (Wildman–Crippen MR) is 353 cm³/mol. The number of fused-ring (bicyclic) bond motifs is 1. The molecule has 3 heterocycles. The number of amides is 11. The third kappa shape index (κ3) is 22.5. The Labute approximate surface area is 561 Å². The highest BCUT2D eigenvalue weighted by molar-refractivity contribution is 8.76. The molecular weight excluding hydrogens is 1290 g/mol. The van der Waals surface area contributed by atoms with Crippen LogP contribution in [0.5, 0.6) is 5.75 Å². The van der Waals surface area contributed by atoms with Crippen LogP contribution in [0.25, 0.3) is 10.9 Å². The Morgan fingerprint density at radius 1 is 0.677 bits per heavy atom. The van der Waals surface area contributed by atoms with Crippen LogP contribution in [0.4, 0.5) is 0 Å². The highest BCUT2D eigenvalue weighted by Gasteiger charge is 2.42. The van der Waals surface area contributed by atoms with Gasteiger partial charge in [0, 0.05) is 48.0 Å². The minimum Gasteiger partial charge on any atom is -0.508 e. The number of aliphatic carboxylic acids is 2. The van der Waals surface area contributed by atoms with E-state index in [1.54, 1.807) is 74.6 Å². The fourth-order valence-corrected chi connectivity index (χ4v) is 13.2. The summed E-state index contributed by atoms with van der Waals surface area (Å²) >= 11 is 0. The number of carbonyl (C=O) groups is 13. The van der Waals surface area contributed by atoms with Gasteiger partial charge >= 0.3 is 11.9 Å². The molecule has 32 heteroatoms. The highest BCUT2D eigenvalue weighted by atomic mass is 33.1. The number of aliphatic hydroxyl groups excluding tert-OH is 1. The number of aromatic hydroxyl groups is 1. The molecule has 1 aromatic heterocycles. The Hall–Kier alpha value is -9.11. The van der Waals surface area contributed by atoms with Crippen LogP contribution in [0.15, 0.2) is 85.1 Å². The Morgan fingerprint density at radius 2 is 1.29 bits per heavy atom.